The number of amides is 2. The molecule has 0 saturated carbocycles. The van der Waals surface area contributed by atoms with E-state index in [2.05, 4.69) is 29.2 Å². The quantitative estimate of drug-likeness (QED) is 0.835. The van der Waals surface area contributed by atoms with Gasteiger partial charge in [-0.25, -0.2) is 0 Å². The van der Waals surface area contributed by atoms with Crippen LogP contribution >= 0.6 is 0 Å². The summed E-state index contributed by atoms with van der Waals surface area (Å²) < 4.78 is 4.99. The second-order valence-electron chi connectivity index (χ2n) is 7.97. The van der Waals surface area contributed by atoms with Crippen molar-refractivity contribution < 1.29 is 14.3 Å². The van der Waals surface area contributed by atoms with Crippen LogP contribution in [0.3, 0.4) is 0 Å². The number of piperidine rings is 1. The lowest BCUT2D eigenvalue weighted by Crippen LogP contribution is -2.45. The summed E-state index contributed by atoms with van der Waals surface area (Å²) in [5.74, 6) is 0.369. The predicted molar refractivity (Wildman–Crippen MR) is 99.0 cm³/mol. The third kappa shape index (κ3) is 2.92. The van der Waals surface area contributed by atoms with Gasteiger partial charge in [0.25, 0.3) is 0 Å². The molecule has 2 fully saturated rings. The minimum absolute atomic E-state index is 0.00877. The Labute approximate surface area is 155 Å². The number of hydrogen-bond donors (Lipinski definition) is 0. The standard InChI is InChI=1S/C21H28N2O3/c1-26-15-19(24)22-12-8-21(9-13-22)14-17(16-6-2-3-7-18(16)21)20(25)23-10-4-5-11-23/h2-3,6-7,17H,4-5,8-15H2,1H3/t17-/m0/s1. The molecular weight excluding hydrogens is 328 g/mol. The molecule has 1 aromatic rings. The fraction of sp³-hybridized carbons (Fsp3) is 0.619. The lowest BCUT2D eigenvalue weighted by atomic mass is 9.73. The Morgan fingerprint density at radius 2 is 1.77 bits per heavy atom. The summed E-state index contributed by atoms with van der Waals surface area (Å²) in [5.41, 5.74) is 2.61. The summed E-state index contributed by atoms with van der Waals surface area (Å²) in [4.78, 5) is 29.2. The molecule has 1 spiro atoms. The van der Waals surface area contributed by atoms with E-state index >= 15 is 0 Å². The van der Waals surface area contributed by atoms with E-state index in [1.165, 1.54) is 11.1 Å². The molecule has 2 heterocycles. The first kappa shape index (κ1) is 17.5. The molecule has 26 heavy (non-hydrogen) atoms. The van der Waals surface area contributed by atoms with Gasteiger partial charge in [-0.3, -0.25) is 9.59 Å². The van der Waals surface area contributed by atoms with Gasteiger partial charge in [0, 0.05) is 38.7 Å². The first-order valence-corrected chi connectivity index (χ1v) is 9.79. The summed E-state index contributed by atoms with van der Waals surface area (Å²) in [6, 6.07) is 8.50. The molecule has 0 N–H and O–H groups in total. The van der Waals surface area contributed by atoms with E-state index in [1.54, 1.807) is 7.11 Å². The summed E-state index contributed by atoms with van der Waals surface area (Å²) in [7, 11) is 1.56. The lowest BCUT2D eigenvalue weighted by molar-refractivity contribution is -0.137. The summed E-state index contributed by atoms with van der Waals surface area (Å²) in [5, 5.41) is 0. The topological polar surface area (TPSA) is 49.9 Å². The van der Waals surface area contributed by atoms with Crippen LogP contribution in [-0.2, 0) is 19.7 Å². The highest BCUT2D eigenvalue weighted by atomic mass is 16.5. The van der Waals surface area contributed by atoms with Crippen LogP contribution in [0.1, 0.15) is 49.1 Å². The maximum Gasteiger partial charge on any atom is 0.248 e. The molecule has 1 aromatic carbocycles. The van der Waals surface area contributed by atoms with Crippen molar-refractivity contribution in [1.29, 1.82) is 0 Å². The number of methoxy groups -OCH3 is 1. The van der Waals surface area contributed by atoms with E-state index < -0.39 is 0 Å². The van der Waals surface area contributed by atoms with Gasteiger partial charge >= 0.3 is 0 Å². The van der Waals surface area contributed by atoms with Crippen molar-refractivity contribution in [1.82, 2.24) is 9.80 Å². The normalized spacial score (nSPS) is 24.1. The molecule has 1 aliphatic carbocycles. The molecule has 4 rings (SSSR count). The Morgan fingerprint density at radius 3 is 2.46 bits per heavy atom. The van der Waals surface area contributed by atoms with E-state index in [0.29, 0.717) is 5.91 Å². The van der Waals surface area contributed by atoms with Gasteiger partial charge in [0.1, 0.15) is 6.61 Å². The maximum absolute atomic E-state index is 13.1. The number of hydrogen-bond acceptors (Lipinski definition) is 3. The van der Waals surface area contributed by atoms with Crippen molar-refractivity contribution in [3.8, 4) is 0 Å². The van der Waals surface area contributed by atoms with Crippen LogP contribution in [0.25, 0.3) is 0 Å². The molecule has 2 saturated heterocycles. The van der Waals surface area contributed by atoms with E-state index in [0.717, 1.165) is 58.3 Å². The van der Waals surface area contributed by atoms with Crippen molar-refractivity contribution in [3.63, 3.8) is 0 Å². The molecular formula is C21H28N2O3. The number of carbonyl (C=O) groups is 2. The molecule has 5 nitrogen and oxygen atoms in total. The average molecular weight is 356 g/mol. The van der Waals surface area contributed by atoms with E-state index in [1.807, 2.05) is 4.90 Å². The monoisotopic (exact) mass is 356 g/mol. The van der Waals surface area contributed by atoms with Crippen LogP contribution in [0.4, 0.5) is 0 Å². The first-order valence-electron chi connectivity index (χ1n) is 9.79. The number of nitrogens with zero attached hydrogens (tertiary/aromatic N) is 2. The van der Waals surface area contributed by atoms with Gasteiger partial charge < -0.3 is 14.5 Å². The van der Waals surface area contributed by atoms with Crippen molar-refractivity contribution in [2.45, 2.75) is 43.4 Å². The van der Waals surface area contributed by atoms with Gasteiger partial charge in [0.2, 0.25) is 11.8 Å². The third-order valence-electron chi connectivity index (χ3n) is 6.56. The van der Waals surface area contributed by atoms with Gasteiger partial charge in [0.15, 0.2) is 0 Å². The fourth-order valence-corrected chi connectivity index (χ4v) is 5.15. The fourth-order valence-electron chi connectivity index (χ4n) is 5.15. The number of carbonyl (C=O) groups excluding carboxylic acids is 2. The molecule has 5 heteroatoms. The summed E-state index contributed by atoms with van der Waals surface area (Å²) in [6.45, 7) is 3.47. The van der Waals surface area contributed by atoms with Gasteiger partial charge in [-0.05, 0) is 43.2 Å². The van der Waals surface area contributed by atoms with E-state index in [4.69, 9.17) is 4.74 Å². The molecule has 0 aromatic heterocycles. The minimum Gasteiger partial charge on any atom is -0.375 e. The minimum atomic E-state index is -0.00877. The highest BCUT2D eigenvalue weighted by Gasteiger charge is 2.48. The Kier molecular flexibility index (Phi) is 4.74. The zero-order valence-electron chi connectivity index (χ0n) is 15.6. The average Bonchev–Trinajstić information content (AvgIpc) is 3.30. The third-order valence-corrected chi connectivity index (χ3v) is 6.56. The Balaban J connectivity index is 1.55. The van der Waals surface area contributed by atoms with Crippen molar-refractivity contribution in [2.24, 2.45) is 0 Å². The van der Waals surface area contributed by atoms with E-state index in [9.17, 15) is 9.59 Å². The molecule has 2 amide bonds. The van der Waals surface area contributed by atoms with Crippen molar-refractivity contribution >= 4 is 11.8 Å². The van der Waals surface area contributed by atoms with Crippen LogP contribution in [0.15, 0.2) is 24.3 Å². The second kappa shape index (κ2) is 7.03. The number of rotatable bonds is 3. The number of ether oxygens (including phenoxy) is 1. The van der Waals surface area contributed by atoms with Crippen LogP contribution in [0, 0.1) is 0 Å². The van der Waals surface area contributed by atoms with Crippen LogP contribution in [0.2, 0.25) is 0 Å². The molecule has 1 atom stereocenters. The lowest BCUT2D eigenvalue weighted by Gasteiger charge is -2.40. The Bertz CT molecular complexity index is 688. The molecule has 3 aliphatic rings. The van der Waals surface area contributed by atoms with Crippen molar-refractivity contribution in [3.05, 3.63) is 35.4 Å². The van der Waals surface area contributed by atoms with Crippen LogP contribution in [-0.4, -0.2) is 61.5 Å². The van der Waals surface area contributed by atoms with E-state index in [-0.39, 0.29) is 23.8 Å². The SMILES string of the molecule is COCC(=O)N1CCC2(CC1)C[C@H](C(=O)N1CCCC1)c1ccccc12. The van der Waals surface area contributed by atoms with Crippen molar-refractivity contribution in [2.75, 3.05) is 39.9 Å². The number of likely N-dealkylation sites (tertiary alicyclic amines) is 2. The van der Waals surface area contributed by atoms with Gasteiger partial charge in [-0.1, -0.05) is 24.3 Å². The highest BCUT2D eigenvalue weighted by Crippen LogP contribution is 2.52. The van der Waals surface area contributed by atoms with Crippen LogP contribution in [0.5, 0.6) is 0 Å². The molecule has 0 radical (unpaired) electrons. The summed E-state index contributed by atoms with van der Waals surface area (Å²) >= 11 is 0. The van der Waals surface area contributed by atoms with Gasteiger partial charge in [-0.15, -0.1) is 0 Å². The smallest absolute Gasteiger partial charge is 0.248 e. The largest absolute Gasteiger partial charge is 0.375 e. The molecule has 2 aliphatic heterocycles. The predicted octanol–water partition coefficient (Wildman–Crippen LogP) is 2.30. The number of fused-ring (bicyclic) bond motifs is 2. The first-order chi connectivity index (χ1) is 12.6. The molecule has 0 bridgehead atoms. The second-order valence-corrected chi connectivity index (χ2v) is 7.97. The zero-order valence-corrected chi connectivity index (χ0v) is 15.6. The molecule has 0 unspecified atom stereocenters. The summed E-state index contributed by atoms with van der Waals surface area (Å²) in [6.07, 6.45) is 5.02. The maximum atomic E-state index is 13.1. The van der Waals surface area contributed by atoms with Gasteiger partial charge in [-0.2, -0.15) is 0 Å². The Hall–Kier alpha value is -1.88. The number of benzene rings is 1. The molecule has 140 valence electrons. The van der Waals surface area contributed by atoms with Gasteiger partial charge in [0.05, 0.1) is 5.92 Å². The van der Waals surface area contributed by atoms with Crippen LogP contribution < -0.4 is 0 Å². The highest BCUT2D eigenvalue weighted by molar-refractivity contribution is 5.86. The zero-order chi connectivity index (χ0) is 18.1. The Morgan fingerprint density at radius 1 is 1.08 bits per heavy atom.